The Kier molecular flexibility index (Phi) is 3.69. The van der Waals surface area contributed by atoms with Gasteiger partial charge in [0.15, 0.2) is 0 Å². The molecule has 3 rings (SSSR count). The molecule has 4 nitrogen and oxygen atoms in total. The maximum absolute atomic E-state index is 6.33. The smallest absolute Gasteiger partial charge is 0.143 e. The zero-order valence-electron chi connectivity index (χ0n) is 12.4. The topological polar surface area (TPSA) is 46.2 Å². The number of hydrogen-bond acceptors (Lipinski definition) is 5. The average Bonchev–Trinajstić information content (AvgIpc) is 2.69. The Labute approximate surface area is 125 Å². The van der Waals surface area contributed by atoms with Crippen molar-refractivity contribution in [2.75, 3.05) is 13.1 Å². The molecule has 0 aliphatic carbocycles. The van der Waals surface area contributed by atoms with Crippen molar-refractivity contribution in [2.45, 2.75) is 50.0 Å². The summed E-state index contributed by atoms with van der Waals surface area (Å²) >= 11 is 1.79. The van der Waals surface area contributed by atoms with Crippen LogP contribution in [0.25, 0.3) is 0 Å². The second-order valence-electron chi connectivity index (χ2n) is 6.60. The van der Waals surface area contributed by atoms with Crippen LogP contribution in [0.4, 0.5) is 0 Å². The van der Waals surface area contributed by atoms with E-state index in [0.717, 1.165) is 31.7 Å². The fraction of sp³-hybridized carbons (Fsp3) is 0.667. The van der Waals surface area contributed by atoms with Crippen molar-refractivity contribution < 1.29 is 4.74 Å². The van der Waals surface area contributed by atoms with Gasteiger partial charge < -0.3 is 10.1 Å². The van der Waals surface area contributed by atoms with Crippen molar-refractivity contribution in [2.24, 2.45) is 0 Å². The summed E-state index contributed by atoms with van der Waals surface area (Å²) in [5, 5.41) is 3.43. The molecule has 20 heavy (non-hydrogen) atoms. The number of rotatable bonds is 2. The molecule has 2 aliphatic heterocycles. The summed E-state index contributed by atoms with van der Waals surface area (Å²) < 4.78 is 10.2. The Balaban J connectivity index is 1.87. The van der Waals surface area contributed by atoms with Crippen molar-refractivity contribution in [1.82, 2.24) is 15.0 Å². The van der Waals surface area contributed by atoms with Crippen LogP contribution in [0.5, 0.6) is 5.75 Å². The molecule has 1 unspecified atom stereocenters. The highest BCUT2D eigenvalue weighted by molar-refractivity contribution is 7.98. The van der Waals surface area contributed by atoms with Gasteiger partial charge in [-0.2, -0.15) is 0 Å². The molecule has 0 amide bonds. The van der Waals surface area contributed by atoms with Gasteiger partial charge in [-0.3, -0.25) is 9.71 Å². The molecule has 1 saturated heterocycles. The second kappa shape index (κ2) is 5.20. The molecule has 1 aromatic rings. The molecule has 0 saturated carbocycles. The van der Waals surface area contributed by atoms with Crippen molar-refractivity contribution in [1.29, 1.82) is 0 Å². The molecule has 110 valence electrons. The quantitative estimate of drug-likeness (QED) is 0.821. The SMILES string of the molecule is CC(C)(C)SNC1c2ccncc2OC12CCNCC2. The van der Waals surface area contributed by atoms with Crippen molar-refractivity contribution >= 4 is 11.9 Å². The Morgan fingerprint density at radius 1 is 1.40 bits per heavy atom. The highest BCUT2D eigenvalue weighted by Gasteiger charge is 2.49. The van der Waals surface area contributed by atoms with Crippen molar-refractivity contribution in [3.05, 3.63) is 24.0 Å². The Hall–Kier alpha value is -0.780. The normalized spacial score (nSPS) is 24.4. The highest BCUT2D eigenvalue weighted by Crippen LogP contribution is 2.48. The summed E-state index contributed by atoms with van der Waals surface area (Å²) in [6.07, 6.45) is 5.77. The minimum Gasteiger partial charge on any atom is -0.483 e. The Bertz CT molecular complexity index is 480. The molecule has 1 fully saturated rings. The summed E-state index contributed by atoms with van der Waals surface area (Å²) in [5.41, 5.74) is 1.13. The van der Waals surface area contributed by atoms with Crippen LogP contribution in [0.1, 0.15) is 45.2 Å². The maximum Gasteiger partial charge on any atom is 0.143 e. The van der Waals surface area contributed by atoms with Gasteiger partial charge in [-0.25, -0.2) is 0 Å². The lowest BCUT2D eigenvalue weighted by Crippen LogP contribution is -2.50. The van der Waals surface area contributed by atoms with Crippen molar-refractivity contribution in [3.63, 3.8) is 0 Å². The number of aromatic nitrogens is 1. The molecule has 1 aromatic heterocycles. The standard InChI is InChI=1S/C15H23N3OS/c1-14(2,3)20-18-13-11-4-7-17-10-12(11)19-15(13)5-8-16-9-6-15/h4,7,10,13,16,18H,5-6,8-9H2,1-3H3. The van der Waals surface area contributed by atoms with E-state index in [1.807, 2.05) is 12.4 Å². The number of fused-ring (bicyclic) bond motifs is 1. The molecule has 0 bridgehead atoms. The molecule has 0 aromatic carbocycles. The van der Waals surface area contributed by atoms with E-state index in [1.165, 1.54) is 5.56 Å². The number of piperidine rings is 1. The number of hydrogen-bond donors (Lipinski definition) is 2. The van der Waals surface area contributed by atoms with Gasteiger partial charge in [0, 0.05) is 29.3 Å². The van der Waals surface area contributed by atoms with Gasteiger partial charge in [-0.15, -0.1) is 0 Å². The van der Waals surface area contributed by atoms with Crippen LogP contribution in [0, 0.1) is 0 Å². The molecule has 2 aliphatic rings. The van der Waals surface area contributed by atoms with Crippen LogP contribution >= 0.6 is 11.9 Å². The summed E-state index contributed by atoms with van der Waals surface area (Å²) in [6, 6.07) is 2.33. The minimum atomic E-state index is -0.116. The summed E-state index contributed by atoms with van der Waals surface area (Å²) in [5.74, 6) is 0.946. The second-order valence-corrected chi connectivity index (χ2v) is 8.26. The number of pyridine rings is 1. The molecule has 3 heterocycles. The van der Waals surface area contributed by atoms with E-state index >= 15 is 0 Å². The van der Waals surface area contributed by atoms with E-state index in [4.69, 9.17) is 4.74 Å². The predicted octanol–water partition coefficient (Wildman–Crippen LogP) is 2.67. The van der Waals surface area contributed by atoms with Gasteiger partial charge >= 0.3 is 0 Å². The third-order valence-electron chi connectivity index (χ3n) is 3.90. The molecule has 0 radical (unpaired) electrons. The van der Waals surface area contributed by atoms with Gasteiger partial charge in [0.2, 0.25) is 0 Å². The van der Waals surface area contributed by atoms with Crippen molar-refractivity contribution in [3.8, 4) is 5.75 Å². The van der Waals surface area contributed by atoms with E-state index in [2.05, 4.69) is 41.9 Å². The lowest BCUT2D eigenvalue weighted by molar-refractivity contribution is 0.0326. The van der Waals surface area contributed by atoms with Crippen LogP contribution < -0.4 is 14.8 Å². The molecule has 1 atom stereocenters. The van der Waals surface area contributed by atoms with Crippen LogP contribution in [-0.4, -0.2) is 28.4 Å². The summed E-state index contributed by atoms with van der Waals surface area (Å²) in [7, 11) is 0. The Morgan fingerprint density at radius 2 is 2.15 bits per heavy atom. The average molecular weight is 293 g/mol. The zero-order chi connectivity index (χ0) is 14.2. The molecule has 5 heteroatoms. The first-order valence-corrected chi connectivity index (χ1v) is 8.09. The van der Waals surface area contributed by atoms with Gasteiger partial charge in [0.1, 0.15) is 11.4 Å². The highest BCUT2D eigenvalue weighted by atomic mass is 32.2. The molecular formula is C15H23N3OS. The predicted molar refractivity (Wildman–Crippen MR) is 82.9 cm³/mol. The maximum atomic E-state index is 6.33. The lowest BCUT2D eigenvalue weighted by atomic mass is 9.84. The monoisotopic (exact) mass is 293 g/mol. The van der Waals surface area contributed by atoms with E-state index in [9.17, 15) is 0 Å². The molecule has 2 N–H and O–H groups in total. The first kappa shape index (κ1) is 14.2. The number of ether oxygens (including phenoxy) is 1. The van der Waals surface area contributed by atoms with Crippen LogP contribution in [0.15, 0.2) is 18.5 Å². The fourth-order valence-electron chi connectivity index (χ4n) is 2.92. The number of nitrogens with one attached hydrogen (secondary N) is 2. The number of nitrogens with zero attached hydrogens (tertiary/aromatic N) is 1. The third-order valence-corrected chi connectivity index (χ3v) is 4.87. The van der Waals surface area contributed by atoms with Crippen LogP contribution in [0.3, 0.4) is 0 Å². The van der Waals surface area contributed by atoms with E-state index < -0.39 is 0 Å². The molecular weight excluding hydrogens is 270 g/mol. The largest absolute Gasteiger partial charge is 0.483 e. The zero-order valence-corrected chi connectivity index (χ0v) is 13.2. The minimum absolute atomic E-state index is 0.116. The summed E-state index contributed by atoms with van der Waals surface area (Å²) in [4.78, 5) is 4.20. The fourth-order valence-corrected chi connectivity index (χ4v) is 3.74. The van der Waals surface area contributed by atoms with Gasteiger partial charge in [0.25, 0.3) is 0 Å². The Morgan fingerprint density at radius 3 is 2.85 bits per heavy atom. The first-order valence-electron chi connectivity index (χ1n) is 7.27. The van der Waals surface area contributed by atoms with Crippen LogP contribution in [-0.2, 0) is 0 Å². The van der Waals surface area contributed by atoms with E-state index in [-0.39, 0.29) is 16.4 Å². The van der Waals surface area contributed by atoms with Gasteiger partial charge in [-0.1, -0.05) is 11.9 Å². The molecule has 1 spiro atoms. The lowest BCUT2D eigenvalue weighted by Gasteiger charge is -2.39. The van der Waals surface area contributed by atoms with E-state index in [0.29, 0.717) is 0 Å². The van der Waals surface area contributed by atoms with Gasteiger partial charge in [-0.05, 0) is 39.9 Å². The van der Waals surface area contributed by atoms with Crippen LogP contribution in [0.2, 0.25) is 0 Å². The third kappa shape index (κ3) is 2.67. The van der Waals surface area contributed by atoms with Gasteiger partial charge in [0.05, 0.1) is 12.2 Å². The van der Waals surface area contributed by atoms with E-state index in [1.54, 1.807) is 11.9 Å². The first-order chi connectivity index (χ1) is 9.50. The summed E-state index contributed by atoms with van der Waals surface area (Å²) in [6.45, 7) is 8.70.